The molecule has 7 heteroatoms. The molecule has 2 aromatic rings. The predicted octanol–water partition coefficient (Wildman–Crippen LogP) is 2.63. The lowest BCUT2D eigenvalue weighted by Crippen LogP contribution is -2.48. The number of fused-ring (bicyclic) bond motifs is 1. The topological polar surface area (TPSA) is 102 Å². The average Bonchev–Trinajstić information content (AvgIpc) is 2.61. The summed E-state index contributed by atoms with van der Waals surface area (Å²) in [5, 5.41) is 17.5. The van der Waals surface area contributed by atoms with Crippen LogP contribution in [0.2, 0.25) is 0 Å². The van der Waals surface area contributed by atoms with Crippen molar-refractivity contribution in [1.29, 1.82) is 0 Å². The summed E-state index contributed by atoms with van der Waals surface area (Å²) in [7, 11) is 0. The number of nitrogen functional groups attached to an aromatic ring is 1. The molecule has 23 heavy (non-hydrogen) atoms. The summed E-state index contributed by atoms with van der Waals surface area (Å²) < 4.78 is 6.95. The highest BCUT2D eigenvalue weighted by atomic mass is 16.6. The standard InChI is InChI=1S/C16H24N4O3/c1-15(2,3)23-14(22)18-16(4,5)9-20-12-8-10(21)6-7-11(12)13(17)19-20/h6-8,21H,9H2,1-5H3,(H2,17,19)(H,18,22). The Morgan fingerprint density at radius 2 is 2.00 bits per heavy atom. The van der Waals surface area contributed by atoms with Crippen LogP contribution in [-0.2, 0) is 11.3 Å². The van der Waals surface area contributed by atoms with E-state index in [-0.39, 0.29) is 5.75 Å². The van der Waals surface area contributed by atoms with Gasteiger partial charge in [-0.25, -0.2) is 4.79 Å². The first-order chi connectivity index (χ1) is 10.5. The number of anilines is 1. The van der Waals surface area contributed by atoms with Crippen molar-refractivity contribution in [3.8, 4) is 5.75 Å². The van der Waals surface area contributed by atoms with E-state index in [4.69, 9.17) is 10.5 Å². The lowest BCUT2D eigenvalue weighted by Gasteiger charge is -2.28. The van der Waals surface area contributed by atoms with Crippen molar-refractivity contribution in [2.75, 3.05) is 5.73 Å². The number of hydrogen-bond donors (Lipinski definition) is 3. The molecule has 0 saturated heterocycles. The minimum atomic E-state index is -0.612. The third-order valence-electron chi connectivity index (χ3n) is 3.15. The number of benzene rings is 1. The van der Waals surface area contributed by atoms with Crippen LogP contribution in [-0.4, -0.2) is 32.1 Å². The van der Waals surface area contributed by atoms with Gasteiger partial charge in [0.1, 0.15) is 11.4 Å². The van der Waals surface area contributed by atoms with Crippen LogP contribution in [0.5, 0.6) is 5.75 Å². The molecule has 1 aromatic carbocycles. The van der Waals surface area contributed by atoms with Gasteiger partial charge in [-0.15, -0.1) is 0 Å². The van der Waals surface area contributed by atoms with Gasteiger partial charge in [-0.3, -0.25) is 4.68 Å². The highest BCUT2D eigenvalue weighted by Gasteiger charge is 2.26. The number of nitrogens with one attached hydrogen (secondary N) is 1. The number of nitrogens with zero attached hydrogens (tertiary/aromatic N) is 2. The molecule has 7 nitrogen and oxygen atoms in total. The number of rotatable bonds is 3. The number of alkyl carbamates (subject to hydrolysis) is 1. The largest absolute Gasteiger partial charge is 0.508 e. The van der Waals surface area contributed by atoms with Gasteiger partial charge in [0.25, 0.3) is 0 Å². The van der Waals surface area contributed by atoms with Crippen LogP contribution in [0.1, 0.15) is 34.6 Å². The fourth-order valence-electron chi connectivity index (χ4n) is 2.30. The number of phenolic OH excluding ortho intramolecular Hbond substituents is 1. The molecule has 1 aromatic heterocycles. The van der Waals surface area contributed by atoms with Crippen molar-refractivity contribution < 1.29 is 14.6 Å². The second-order valence-electron chi connectivity index (χ2n) is 7.26. The highest BCUT2D eigenvalue weighted by Crippen LogP contribution is 2.25. The van der Waals surface area contributed by atoms with E-state index < -0.39 is 17.2 Å². The second kappa shape index (κ2) is 5.64. The van der Waals surface area contributed by atoms with E-state index >= 15 is 0 Å². The molecule has 0 atom stereocenters. The number of nitrogens with two attached hydrogens (primary N) is 1. The van der Waals surface area contributed by atoms with Crippen molar-refractivity contribution in [2.45, 2.75) is 52.3 Å². The third kappa shape index (κ3) is 4.28. The molecule has 0 saturated carbocycles. The van der Waals surface area contributed by atoms with Crippen LogP contribution in [0, 0.1) is 0 Å². The summed E-state index contributed by atoms with van der Waals surface area (Å²) in [6.07, 6.45) is -0.491. The lowest BCUT2D eigenvalue weighted by atomic mass is 10.1. The van der Waals surface area contributed by atoms with Crippen molar-refractivity contribution in [3.63, 3.8) is 0 Å². The molecular weight excluding hydrogens is 296 g/mol. The number of carbonyl (C=O) groups is 1. The Balaban J connectivity index is 2.20. The fraction of sp³-hybridized carbons (Fsp3) is 0.500. The Morgan fingerprint density at radius 3 is 2.61 bits per heavy atom. The van der Waals surface area contributed by atoms with Crippen molar-refractivity contribution in [3.05, 3.63) is 18.2 Å². The molecule has 0 radical (unpaired) electrons. The first-order valence-corrected chi connectivity index (χ1v) is 7.43. The molecule has 0 aliphatic rings. The number of carbonyl (C=O) groups excluding carboxylic acids is 1. The van der Waals surface area contributed by atoms with Crippen LogP contribution in [0.15, 0.2) is 18.2 Å². The normalized spacial score (nSPS) is 12.4. The average molecular weight is 320 g/mol. The van der Waals surface area contributed by atoms with Crippen LogP contribution in [0.25, 0.3) is 10.9 Å². The summed E-state index contributed by atoms with van der Waals surface area (Å²) in [6.45, 7) is 9.54. The van der Waals surface area contributed by atoms with Crippen molar-refractivity contribution >= 4 is 22.8 Å². The number of amides is 1. The maximum Gasteiger partial charge on any atom is 0.408 e. The molecule has 1 amide bonds. The number of phenols is 1. The van der Waals surface area contributed by atoms with E-state index in [2.05, 4.69) is 10.4 Å². The molecule has 2 rings (SSSR count). The van der Waals surface area contributed by atoms with E-state index in [0.29, 0.717) is 17.9 Å². The predicted molar refractivity (Wildman–Crippen MR) is 89.3 cm³/mol. The second-order valence-corrected chi connectivity index (χ2v) is 7.26. The summed E-state index contributed by atoms with van der Waals surface area (Å²) in [5.74, 6) is 0.518. The molecule has 0 aliphatic carbocycles. The molecule has 1 heterocycles. The van der Waals surface area contributed by atoms with E-state index in [1.54, 1.807) is 22.9 Å². The molecule has 0 fully saturated rings. The molecule has 126 valence electrons. The van der Waals surface area contributed by atoms with Crippen LogP contribution < -0.4 is 11.1 Å². The zero-order valence-electron chi connectivity index (χ0n) is 14.2. The van der Waals surface area contributed by atoms with E-state index in [0.717, 1.165) is 5.39 Å². The van der Waals surface area contributed by atoms with Gasteiger partial charge < -0.3 is 20.9 Å². The molecule has 0 aliphatic heterocycles. The van der Waals surface area contributed by atoms with Gasteiger partial charge in [0.15, 0.2) is 5.82 Å². The Bertz CT molecular complexity index is 729. The molecule has 4 N–H and O–H groups in total. The van der Waals surface area contributed by atoms with Crippen LogP contribution >= 0.6 is 0 Å². The maximum absolute atomic E-state index is 12.0. The van der Waals surface area contributed by atoms with Crippen LogP contribution in [0.4, 0.5) is 10.6 Å². The Labute approximate surface area is 135 Å². The fourth-order valence-corrected chi connectivity index (χ4v) is 2.30. The SMILES string of the molecule is CC(C)(Cn1nc(N)c2ccc(O)cc21)NC(=O)OC(C)(C)C. The van der Waals surface area contributed by atoms with Gasteiger partial charge in [0, 0.05) is 11.5 Å². The van der Waals surface area contributed by atoms with E-state index in [1.165, 1.54) is 0 Å². The molecule has 0 spiro atoms. The summed E-state index contributed by atoms with van der Waals surface area (Å²) in [5.41, 5.74) is 5.44. The lowest BCUT2D eigenvalue weighted by molar-refractivity contribution is 0.0462. The maximum atomic E-state index is 12.0. The van der Waals surface area contributed by atoms with Crippen molar-refractivity contribution in [2.24, 2.45) is 0 Å². The van der Waals surface area contributed by atoms with E-state index in [1.807, 2.05) is 34.6 Å². The molecular formula is C16H24N4O3. The van der Waals surface area contributed by atoms with Crippen LogP contribution in [0.3, 0.4) is 0 Å². The molecule has 0 unspecified atom stereocenters. The first-order valence-electron chi connectivity index (χ1n) is 7.43. The van der Waals surface area contributed by atoms with Gasteiger partial charge in [-0.05, 0) is 46.8 Å². The van der Waals surface area contributed by atoms with Gasteiger partial charge in [-0.1, -0.05) is 0 Å². The Hall–Kier alpha value is -2.44. The number of aromatic nitrogens is 2. The summed E-state index contributed by atoms with van der Waals surface area (Å²) in [4.78, 5) is 12.0. The monoisotopic (exact) mass is 320 g/mol. The number of hydrogen-bond acceptors (Lipinski definition) is 5. The first kappa shape index (κ1) is 16.9. The Morgan fingerprint density at radius 1 is 1.35 bits per heavy atom. The third-order valence-corrected chi connectivity index (χ3v) is 3.15. The van der Waals surface area contributed by atoms with Gasteiger partial charge in [0.05, 0.1) is 17.6 Å². The van der Waals surface area contributed by atoms with E-state index in [9.17, 15) is 9.90 Å². The minimum Gasteiger partial charge on any atom is -0.508 e. The minimum absolute atomic E-state index is 0.136. The highest BCUT2D eigenvalue weighted by molar-refractivity contribution is 5.90. The Kier molecular flexibility index (Phi) is 4.15. The van der Waals surface area contributed by atoms with Gasteiger partial charge in [-0.2, -0.15) is 5.10 Å². The summed E-state index contributed by atoms with van der Waals surface area (Å²) >= 11 is 0. The molecule has 0 bridgehead atoms. The quantitative estimate of drug-likeness (QED) is 0.807. The smallest absolute Gasteiger partial charge is 0.408 e. The number of aromatic hydroxyl groups is 1. The zero-order valence-corrected chi connectivity index (χ0v) is 14.2. The number of ether oxygens (including phenoxy) is 1. The summed E-state index contributed by atoms with van der Waals surface area (Å²) in [6, 6.07) is 4.88. The van der Waals surface area contributed by atoms with Gasteiger partial charge in [0.2, 0.25) is 0 Å². The zero-order chi connectivity index (χ0) is 17.4. The van der Waals surface area contributed by atoms with Crippen molar-refractivity contribution in [1.82, 2.24) is 15.1 Å². The van der Waals surface area contributed by atoms with Gasteiger partial charge >= 0.3 is 6.09 Å².